The normalized spacial score (nSPS) is 25.8. The van der Waals surface area contributed by atoms with Crippen molar-refractivity contribution >= 4 is 7.82 Å². The number of unbranched alkanes of at least 4 members (excludes halogenated alkanes) is 9. The fraction of sp³-hybridized carbons (Fsp3) is 1.00. The van der Waals surface area contributed by atoms with Crippen LogP contribution in [0.25, 0.3) is 0 Å². The Balaban J connectivity index is 2.03. The van der Waals surface area contributed by atoms with Crippen molar-refractivity contribution in [3.8, 4) is 0 Å². The molecular formula is C15H31O8P. The van der Waals surface area contributed by atoms with Crippen LogP contribution in [0.4, 0.5) is 0 Å². The number of phosphoric ester groups is 1. The standard InChI is InChI=1S/C15H31O8P/c1-3-4-5-6-7-8-9-10-11-12-13-18-24(16)19-15(2)14-17-20-21-22-23-24/h15H,3-14H2,1-2H3. The molecular weight excluding hydrogens is 339 g/mol. The zero-order chi connectivity index (χ0) is 17.5. The Labute approximate surface area is 144 Å². The van der Waals surface area contributed by atoms with Gasteiger partial charge in [-0.2, -0.15) is 0 Å². The molecule has 1 aliphatic heterocycles. The zero-order valence-electron chi connectivity index (χ0n) is 14.8. The van der Waals surface area contributed by atoms with E-state index in [1.165, 1.54) is 44.9 Å². The fourth-order valence-corrected chi connectivity index (χ4v) is 3.38. The Morgan fingerprint density at radius 2 is 1.54 bits per heavy atom. The van der Waals surface area contributed by atoms with Crippen LogP contribution in [-0.2, 0) is 38.3 Å². The molecule has 1 aliphatic rings. The number of rotatable bonds is 12. The van der Waals surface area contributed by atoms with Crippen molar-refractivity contribution in [3.05, 3.63) is 0 Å². The van der Waals surface area contributed by atoms with Crippen LogP contribution < -0.4 is 0 Å². The molecule has 0 aromatic carbocycles. The third kappa shape index (κ3) is 11.5. The van der Waals surface area contributed by atoms with E-state index in [9.17, 15) is 4.57 Å². The SMILES string of the molecule is CCCCCCCCCCCCOP1(=O)OOOOOCC(C)O1. The first-order chi connectivity index (χ1) is 11.7. The van der Waals surface area contributed by atoms with E-state index in [4.69, 9.17) is 9.05 Å². The summed E-state index contributed by atoms with van der Waals surface area (Å²) in [6.07, 6.45) is 11.5. The van der Waals surface area contributed by atoms with E-state index >= 15 is 0 Å². The van der Waals surface area contributed by atoms with Crippen molar-refractivity contribution < 1.29 is 38.3 Å². The van der Waals surface area contributed by atoms with Crippen LogP contribution >= 0.6 is 7.82 Å². The van der Waals surface area contributed by atoms with Gasteiger partial charge in [-0.25, -0.2) is 9.45 Å². The lowest BCUT2D eigenvalue weighted by Crippen LogP contribution is -2.14. The molecule has 144 valence electrons. The maximum Gasteiger partial charge on any atom is 0.504 e. The highest BCUT2D eigenvalue weighted by atomic mass is 31.2. The predicted molar refractivity (Wildman–Crippen MR) is 86.2 cm³/mol. The summed E-state index contributed by atoms with van der Waals surface area (Å²) in [5.41, 5.74) is 0. The van der Waals surface area contributed by atoms with Crippen LogP contribution in [0.3, 0.4) is 0 Å². The summed E-state index contributed by atoms with van der Waals surface area (Å²) in [4.78, 5) is 4.54. The first-order valence-corrected chi connectivity index (χ1v) is 10.4. The average Bonchev–Trinajstić information content (AvgIpc) is 2.63. The second-order valence-electron chi connectivity index (χ2n) is 5.94. The predicted octanol–water partition coefficient (Wildman–Crippen LogP) is 5.19. The summed E-state index contributed by atoms with van der Waals surface area (Å²) in [6, 6.07) is 0. The average molecular weight is 370 g/mol. The van der Waals surface area contributed by atoms with E-state index in [0.29, 0.717) is 0 Å². The molecule has 1 heterocycles. The summed E-state index contributed by atoms with van der Waals surface area (Å²) in [7, 11) is -3.85. The largest absolute Gasteiger partial charge is 0.504 e. The van der Waals surface area contributed by atoms with Crippen LogP contribution in [-0.4, -0.2) is 19.3 Å². The third-order valence-corrected chi connectivity index (χ3v) is 4.94. The molecule has 0 aliphatic carbocycles. The van der Waals surface area contributed by atoms with Crippen molar-refractivity contribution in [2.24, 2.45) is 0 Å². The van der Waals surface area contributed by atoms with Crippen molar-refractivity contribution in [1.82, 2.24) is 0 Å². The van der Waals surface area contributed by atoms with Crippen molar-refractivity contribution in [1.29, 1.82) is 0 Å². The molecule has 1 saturated heterocycles. The minimum atomic E-state index is -3.85. The second kappa shape index (κ2) is 14.2. The van der Waals surface area contributed by atoms with E-state index < -0.39 is 13.9 Å². The van der Waals surface area contributed by atoms with Crippen LogP contribution in [0.1, 0.15) is 78.1 Å². The molecule has 2 unspecified atom stereocenters. The highest BCUT2D eigenvalue weighted by Gasteiger charge is 2.33. The van der Waals surface area contributed by atoms with Gasteiger partial charge in [0.05, 0.1) is 12.7 Å². The Morgan fingerprint density at radius 3 is 2.21 bits per heavy atom. The maximum absolute atomic E-state index is 12.2. The van der Waals surface area contributed by atoms with Gasteiger partial charge in [-0.05, 0) is 28.5 Å². The number of hydrogen-bond donors (Lipinski definition) is 0. The molecule has 0 saturated carbocycles. The van der Waals surface area contributed by atoms with Gasteiger partial charge in [0, 0.05) is 0 Å². The molecule has 9 heteroatoms. The van der Waals surface area contributed by atoms with E-state index in [2.05, 4.69) is 31.6 Å². The van der Waals surface area contributed by atoms with Gasteiger partial charge in [0.2, 0.25) is 0 Å². The number of hydrogen-bond acceptors (Lipinski definition) is 8. The monoisotopic (exact) mass is 370 g/mol. The van der Waals surface area contributed by atoms with Crippen LogP contribution in [0.2, 0.25) is 0 Å². The Bertz CT molecular complexity index is 341. The number of phosphoric acid groups is 1. The Kier molecular flexibility index (Phi) is 13.0. The summed E-state index contributed by atoms with van der Waals surface area (Å²) in [6.45, 7) is 4.12. The molecule has 1 fully saturated rings. The fourth-order valence-electron chi connectivity index (χ4n) is 2.29. The minimum absolute atomic E-state index is 0.00166. The van der Waals surface area contributed by atoms with Crippen molar-refractivity contribution in [3.63, 3.8) is 0 Å². The van der Waals surface area contributed by atoms with Gasteiger partial charge in [0.15, 0.2) is 0 Å². The van der Waals surface area contributed by atoms with E-state index in [-0.39, 0.29) is 13.2 Å². The Hall–Kier alpha value is -0.0500. The first kappa shape index (κ1) is 22.0. The summed E-state index contributed by atoms with van der Waals surface area (Å²) in [5.74, 6) is 0. The molecule has 0 amide bonds. The van der Waals surface area contributed by atoms with Gasteiger partial charge in [-0.15, -0.1) is 0 Å². The lowest BCUT2D eigenvalue weighted by atomic mass is 10.1. The second-order valence-corrected chi connectivity index (χ2v) is 7.45. The molecule has 1 rings (SSSR count). The summed E-state index contributed by atoms with van der Waals surface area (Å²) < 4.78 is 27.1. The molecule has 0 aromatic heterocycles. The molecule has 8 nitrogen and oxygen atoms in total. The molecule has 24 heavy (non-hydrogen) atoms. The molecule has 0 radical (unpaired) electrons. The van der Waals surface area contributed by atoms with E-state index in [0.717, 1.165) is 19.3 Å². The van der Waals surface area contributed by atoms with Crippen LogP contribution in [0.15, 0.2) is 0 Å². The summed E-state index contributed by atoms with van der Waals surface area (Å²) in [5, 5.41) is 12.3. The molecule has 0 aromatic rings. The third-order valence-electron chi connectivity index (χ3n) is 3.58. The highest BCUT2D eigenvalue weighted by Crippen LogP contribution is 2.51. The van der Waals surface area contributed by atoms with Crippen molar-refractivity contribution in [2.45, 2.75) is 84.2 Å². The van der Waals surface area contributed by atoms with Gasteiger partial charge in [-0.3, -0.25) is 9.05 Å². The smallest absolute Gasteiger partial charge is 0.285 e. The maximum atomic E-state index is 12.2. The van der Waals surface area contributed by atoms with E-state index in [1.54, 1.807) is 6.92 Å². The van der Waals surface area contributed by atoms with Gasteiger partial charge < -0.3 is 0 Å². The Morgan fingerprint density at radius 1 is 0.917 bits per heavy atom. The van der Waals surface area contributed by atoms with Crippen LogP contribution in [0.5, 0.6) is 0 Å². The molecule has 0 bridgehead atoms. The lowest BCUT2D eigenvalue weighted by Gasteiger charge is -2.17. The van der Waals surface area contributed by atoms with E-state index in [1.807, 2.05) is 0 Å². The van der Waals surface area contributed by atoms with Gasteiger partial charge in [0.1, 0.15) is 6.61 Å². The van der Waals surface area contributed by atoms with Gasteiger partial charge in [0.25, 0.3) is 0 Å². The molecule has 0 N–H and O–H groups in total. The zero-order valence-corrected chi connectivity index (χ0v) is 15.7. The lowest BCUT2D eigenvalue weighted by molar-refractivity contribution is -0.692. The minimum Gasteiger partial charge on any atom is -0.285 e. The molecule has 0 spiro atoms. The summed E-state index contributed by atoms with van der Waals surface area (Å²) >= 11 is 0. The molecule has 2 atom stereocenters. The van der Waals surface area contributed by atoms with Crippen molar-refractivity contribution in [2.75, 3.05) is 13.2 Å². The van der Waals surface area contributed by atoms with Gasteiger partial charge >= 0.3 is 7.82 Å². The topological polar surface area (TPSA) is 81.7 Å². The quantitative estimate of drug-likeness (QED) is 0.264. The first-order valence-electron chi connectivity index (χ1n) is 8.90. The van der Waals surface area contributed by atoms with Crippen LogP contribution in [0, 0.1) is 0 Å². The highest BCUT2D eigenvalue weighted by molar-refractivity contribution is 7.48. The van der Waals surface area contributed by atoms with Gasteiger partial charge in [-0.1, -0.05) is 69.4 Å².